The molecule has 0 N–H and O–H groups in total. The van der Waals surface area contributed by atoms with Crippen LogP contribution in [0.25, 0.3) is 10.2 Å². The molecule has 2 heterocycles. The van der Waals surface area contributed by atoms with E-state index < -0.39 is 6.08 Å². The van der Waals surface area contributed by atoms with Crippen molar-refractivity contribution in [3.8, 4) is 0 Å². The van der Waals surface area contributed by atoms with Gasteiger partial charge in [0.25, 0.3) is 0 Å². The van der Waals surface area contributed by atoms with Crippen LogP contribution >= 0.6 is 11.3 Å². The minimum absolute atomic E-state index is 0.317. The monoisotopic (exact) mass is 353 g/mol. The molecule has 124 valence electrons. The molecule has 0 amide bonds. The van der Waals surface area contributed by atoms with Gasteiger partial charge in [-0.05, 0) is 23.8 Å². The zero-order valence-corrected chi connectivity index (χ0v) is 13.9. The van der Waals surface area contributed by atoms with Crippen molar-refractivity contribution in [3.05, 3.63) is 88.5 Å². The second-order valence-corrected chi connectivity index (χ2v) is 6.79. The quantitative estimate of drug-likeness (QED) is 0.505. The number of aromatic nitrogens is 3. The van der Waals surface area contributed by atoms with Crippen LogP contribution < -0.4 is 0 Å². The molecule has 0 aliphatic heterocycles. The van der Waals surface area contributed by atoms with Crippen LogP contribution in [0.4, 0.5) is 8.78 Å². The Hall–Kier alpha value is -2.73. The Morgan fingerprint density at radius 2 is 1.56 bits per heavy atom. The molecule has 0 saturated carbocycles. The second kappa shape index (κ2) is 6.64. The minimum Gasteiger partial charge on any atom is -0.241 e. The van der Waals surface area contributed by atoms with Crippen molar-refractivity contribution in [1.82, 2.24) is 15.0 Å². The minimum atomic E-state index is -0.740. The first-order valence-electron chi connectivity index (χ1n) is 7.77. The summed E-state index contributed by atoms with van der Waals surface area (Å²) in [4.78, 5) is 12.2. The van der Waals surface area contributed by atoms with Crippen LogP contribution in [0.2, 0.25) is 0 Å². The highest BCUT2D eigenvalue weighted by atomic mass is 32.1. The van der Waals surface area contributed by atoms with Crippen LogP contribution in [0.5, 0.6) is 0 Å². The predicted molar refractivity (Wildman–Crippen MR) is 93.6 cm³/mol. The van der Waals surface area contributed by atoms with Gasteiger partial charge in [0.1, 0.15) is 5.82 Å². The van der Waals surface area contributed by atoms with E-state index in [4.69, 9.17) is 0 Å². The van der Waals surface area contributed by atoms with Crippen LogP contribution in [-0.4, -0.2) is 15.0 Å². The van der Waals surface area contributed by atoms with Gasteiger partial charge in [0, 0.05) is 18.9 Å². The number of rotatable bonds is 4. The van der Waals surface area contributed by atoms with Crippen LogP contribution in [0.15, 0.2) is 54.6 Å². The lowest BCUT2D eigenvalue weighted by molar-refractivity contribution is 0.527. The van der Waals surface area contributed by atoms with E-state index in [2.05, 4.69) is 15.0 Å². The van der Waals surface area contributed by atoms with Gasteiger partial charge in [0.2, 0.25) is 0 Å². The van der Waals surface area contributed by atoms with Crippen molar-refractivity contribution in [2.75, 3.05) is 0 Å². The standard InChI is InChI=1S/C19H13F2N3S/c20-13-6-7-17-16(9-13)24-18(25-17)11-15-10-14(22-19(21)23-15)8-12-4-2-1-3-5-12/h1-7,9-10H,8,11H2. The zero-order valence-electron chi connectivity index (χ0n) is 13.1. The van der Waals surface area contributed by atoms with Gasteiger partial charge in [-0.15, -0.1) is 11.3 Å². The van der Waals surface area contributed by atoms with Gasteiger partial charge in [-0.25, -0.2) is 19.3 Å². The van der Waals surface area contributed by atoms with Crippen LogP contribution in [-0.2, 0) is 12.8 Å². The molecule has 0 spiro atoms. The highest BCUT2D eigenvalue weighted by Crippen LogP contribution is 2.24. The second-order valence-electron chi connectivity index (χ2n) is 5.68. The molecule has 2 aromatic carbocycles. The van der Waals surface area contributed by atoms with Crippen molar-refractivity contribution in [2.24, 2.45) is 0 Å². The zero-order chi connectivity index (χ0) is 17.2. The third-order valence-electron chi connectivity index (χ3n) is 3.76. The number of halogens is 2. The smallest absolute Gasteiger partial charge is 0.241 e. The van der Waals surface area contributed by atoms with Gasteiger partial charge in [-0.3, -0.25) is 0 Å². The van der Waals surface area contributed by atoms with Gasteiger partial charge < -0.3 is 0 Å². The fourth-order valence-corrected chi connectivity index (χ4v) is 3.65. The highest BCUT2D eigenvalue weighted by molar-refractivity contribution is 7.18. The fraction of sp³-hybridized carbons (Fsp3) is 0.105. The van der Waals surface area contributed by atoms with Crippen LogP contribution in [0.1, 0.15) is 22.0 Å². The maximum atomic E-state index is 13.8. The summed E-state index contributed by atoms with van der Waals surface area (Å²) in [6.07, 6.45) is 0.191. The Balaban J connectivity index is 1.61. The maximum Gasteiger partial charge on any atom is 0.309 e. The molecule has 0 bridgehead atoms. The highest BCUT2D eigenvalue weighted by Gasteiger charge is 2.10. The third kappa shape index (κ3) is 3.69. The van der Waals surface area contributed by atoms with Gasteiger partial charge in [-0.2, -0.15) is 4.39 Å². The molecule has 0 radical (unpaired) electrons. The Bertz CT molecular complexity index is 1030. The maximum absolute atomic E-state index is 13.8. The lowest BCUT2D eigenvalue weighted by Crippen LogP contribution is -2.02. The van der Waals surface area contributed by atoms with Gasteiger partial charge >= 0.3 is 6.08 Å². The van der Waals surface area contributed by atoms with E-state index in [9.17, 15) is 8.78 Å². The molecule has 25 heavy (non-hydrogen) atoms. The normalized spacial score (nSPS) is 11.1. The Labute approximate surface area is 147 Å². The van der Waals surface area contributed by atoms with Crippen LogP contribution in [0.3, 0.4) is 0 Å². The van der Waals surface area contributed by atoms with Crippen LogP contribution in [0, 0.1) is 11.9 Å². The summed E-state index contributed by atoms with van der Waals surface area (Å²) in [5, 5.41) is 0.768. The average Bonchev–Trinajstić information content (AvgIpc) is 2.96. The molecule has 0 atom stereocenters. The summed E-state index contributed by atoms with van der Waals surface area (Å²) < 4.78 is 28.0. The topological polar surface area (TPSA) is 38.7 Å². The first-order chi connectivity index (χ1) is 12.2. The molecular formula is C19H13F2N3S. The molecular weight excluding hydrogens is 340 g/mol. The van der Waals surface area contributed by atoms with Gasteiger partial charge in [0.15, 0.2) is 0 Å². The van der Waals surface area contributed by atoms with Crippen molar-refractivity contribution < 1.29 is 8.78 Å². The third-order valence-corrected chi connectivity index (χ3v) is 4.80. The number of thiazole rings is 1. The first-order valence-corrected chi connectivity index (χ1v) is 8.58. The Kier molecular flexibility index (Phi) is 4.19. The molecule has 4 aromatic rings. The molecule has 0 saturated heterocycles. The van der Waals surface area contributed by atoms with E-state index in [1.165, 1.54) is 23.5 Å². The summed E-state index contributed by atoms with van der Waals surface area (Å²) in [7, 11) is 0. The van der Waals surface area contributed by atoms with E-state index in [0.29, 0.717) is 29.7 Å². The lowest BCUT2D eigenvalue weighted by atomic mass is 10.1. The van der Waals surface area contributed by atoms with E-state index >= 15 is 0 Å². The Morgan fingerprint density at radius 3 is 2.36 bits per heavy atom. The molecule has 2 aromatic heterocycles. The van der Waals surface area contributed by atoms with Crippen molar-refractivity contribution in [2.45, 2.75) is 12.8 Å². The van der Waals surface area contributed by atoms with E-state index in [0.717, 1.165) is 15.3 Å². The number of benzene rings is 2. The summed E-state index contributed by atoms with van der Waals surface area (Å²) in [6, 6.07) is 16.1. The number of hydrogen-bond acceptors (Lipinski definition) is 4. The summed E-state index contributed by atoms with van der Waals surface area (Å²) in [5.41, 5.74) is 2.86. The number of hydrogen-bond donors (Lipinski definition) is 0. The summed E-state index contributed by atoms with van der Waals surface area (Å²) in [6.45, 7) is 0. The summed E-state index contributed by atoms with van der Waals surface area (Å²) in [5.74, 6) is -0.317. The molecule has 0 aliphatic carbocycles. The molecule has 0 aliphatic rings. The Morgan fingerprint density at radius 1 is 0.800 bits per heavy atom. The van der Waals surface area contributed by atoms with E-state index in [1.807, 2.05) is 30.3 Å². The first kappa shape index (κ1) is 15.8. The van der Waals surface area contributed by atoms with Gasteiger partial charge in [0.05, 0.1) is 26.6 Å². The fourth-order valence-electron chi connectivity index (χ4n) is 2.68. The molecule has 6 heteroatoms. The van der Waals surface area contributed by atoms with Crippen molar-refractivity contribution in [1.29, 1.82) is 0 Å². The number of nitrogens with zero attached hydrogens (tertiary/aromatic N) is 3. The van der Waals surface area contributed by atoms with Crippen molar-refractivity contribution in [3.63, 3.8) is 0 Å². The van der Waals surface area contributed by atoms with Crippen molar-refractivity contribution >= 4 is 21.6 Å². The van der Waals surface area contributed by atoms with E-state index in [1.54, 1.807) is 12.1 Å². The lowest BCUT2D eigenvalue weighted by Gasteiger charge is -2.04. The molecule has 0 fully saturated rings. The molecule has 4 rings (SSSR count). The molecule has 3 nitrogen and oxygen atoms in total. The van der Waals surface area contributed by atoms with Gasteiger partial charge in [-0.1, -0.05) is 30.3 Å². The number of fused-ring (bicyclic) bond motifs is 1. The largest absolute Gasteiger partial charge is 0.309 e. The van der Waals surface area contributed by atoms with E-state index in [-0.39, 0.29) is 5.82 Å². The SMILES string of the molecule is Fc1ccc2sc(Cc3cc(Cc4ccccc4)nc(F)n3)nc2c1. The molecule has 0 unspecified atom stereocenters. The summed E-state index contributed by atoms with van der Waals surface area (Å²) >= 11 is 1.46. The predicted octanol–water partition coefficient (Wildman–Crippen LogP) is 4.55. The average molecular weight is 353 g/mol.